The van der Waals surface area contributed by atoms with Crippen molar-refractivity contribution in [3.05, 3.63) is 39.8 Å². The van der Waals surface area contributed by atoms with Crippen molar-refractivity contribution in [2.75, 3.05) is 20.3 Å². The van der Waals surface area contributed by atoms with Crippen LogP contribution in [-0.4, -0.2) is 31.2 Å². The van der Waals surface area contributed by atoms with Gasteiger partial charge in [-0.2, -0.15) is 0 Å². The van der Waals surface area contributed by atoms with Crippen LogP contribution >= 0.6 is 11.3 Å². The summed E-state index contributed by atoms with van der Waals surface area (Å²) >= 11 is 1.43. The van der Waals surface area contributed by atoms with Crippen LogP contribution in [0.3, 0.4) is 0 Å². The number of carbonyl (C=O) groups is 1. The highest BCUT2D eigenvalue weighted by atomic mass is 32.1. The molecule has 0 aliphatic rings. The predicted octanol–water partition coefficient (Wildman–Crippen LogP) is 3.39. The van der Waals surface area contributed by atoms with Crippen LogP contribution < -0.4 is 14.8 Å². The molecule has 0 bridgehead atoms. The summed E-state index contributed by atoms with van der Waals surface area (Å²) < 4.78 is 10.7. The Morgan fingerprint density at radius 2 is 1.91 bits per heavy atom. The fourth-order valence-electron chi connectivity index (χ4n) is 2.08. The maximum absolute atomic E-state index is 12.3. The largest absolute Gasteiger partial charge is 0.497 e. The van der Waals surface area contributed by atoms with Crippen molar-refractivity contribution in [2.24, 2.45) is 0 Å². The number of benzene rings is 1. The van der Waals surface area contributed by atoms with Gasteiger partial charge in [-0.3, -0.25) is 4.79 Å². The first-order valence-electron chi connectivity index (χ1n) is 7.53. The number of thiazole rings is 1. The zero-order valence-electron chi connectivity index (χ0n) is 13.9. The monoisotopic (exact) mass is 334 g/mol. The van der Waals surface area contributed by atoms with E-state index in [0.29, 0.717) is 18.0 Å². The lowest BCUT2D eigenvalue weighted by Crippen LogP contribution is -2.28. The van der Waals surface area contributed by atoms with E-state index in [9.17, 15) is 4.79 Å². The van der Waals surface area contributed by atoms with E-state index in [2.05, 4.69) is 10.3 Å². The molecule has 0 saturated carbocycles. The summed E-state index contributed by atoms with van der Waals surface area (Å²) in [6.45, 7) is 6.85. The molecule has 0 spiro atoms. The Balaban J connectivity index is 1.83. The topological polar surface area (TPSA) is 60.5 Å². The molecule has 6 heteroatoms. The van der Waals surface area contributed by atoms with E-state index in [1.807, 2.05) is 45.0 Å². The Morgan fingerprint density at radius 1 is 1.26 bits per heavy atom. The second-order valence-electron chi connectivity index (χ2n) is 5.38. The normalized spacial score (nSPS) is 10.7. The molecule has 1 aromatic carbocycles. The van der Waals surface area contributed by atoms with Crippen LogP contribution in [-0.2, 0) is 0 Å². The van der Waals surface area contributed by atoms with Crippen molar-refractivity contribution in [1.29, 1.82) is 0 Å². The molecule has 2 aromatic rings. The number of hydrogen-bond acceptors (Lipinski definition) is 5. The Kier molecular flexibility index (Phi) is 5.98. The molecule has 1 aromatic heterocycles. The maximum atomic E-state index is 12.3. The van der Waals surface area contributed by atoms with Gasteiger partial charge in [-0.15, -0.1) is 11.3 Å². The molecule has 124 valence electrons. The zero-order chi connectivity index (χ0) is 16.8. The van der Waals surface area contributed by atoms with Gasteiger partial charge in [0.1, 0.15) is 23.0 Å². The average molecular weight is 334 g/mol. The number of aromatic nitrogens is 1. The van der Waals surface area contributed by atoms with Crippen LogP contribution in [0.1, 0.15) is 40.1 Å². The highest BCUT2D eigenvalue weighted by molar-refractivity contribution is 7.13. The fraction of sp³-hybridized carbons (Fsp3) is 0.412. The van der Waals surface area contributed by atoms with Gasteiger partial charge in [0.15, 0.2) is 0 Å². The predicted molar refractivity (Wildman–Crippen MR) is 91.8 cm³/mol. The smallest absolute Gasteiger partial charge is 0.263 e. The summed E-state index contributed by atoms with van der Waals surface area (Å²) in [4.78, 5) is 17.4. The standard InChI is InChI=1S/C17H22N2O3S/c1-11(2)15-16(23-12(3)19-15)17(20)18-9-10-22-14-7-5-13(21-4)6-8-14/h5-8,11H,9-10H2,1-4H3,(H,18,20). The molecule has 0 fully saturated rings. The summed E-state index contributed by atoms with van der Waals surface area (Å²) in [5.74, 6) is 1.68. The number of rotatable bonds is 7. The van der Waals surface area contributed by atoms with E-state index in [0.717, 1.165) is 22.2 Å². The number of carbonyl (C=O) groups excluding carboxylic acids is 1. The zero-order valence-corrected chi connectivity index (χ0v) is 14.7. The number of ether oxygens (including phenoxy) is 2. The molecule has 0 aliphatic carbocycles. The highest BCUT2D eigenvalue weighted by Gasteiger charge is 2.18. The number of nitrogens with zero attached hydrogens (tertiary/aromatic N) is 1. The van der Waals surface area contributed by atoms with E-state index in [1.165, 1.54) is 11.3 Å². The Labute approximate surface area is 140 Å². The van der Waals surface area contributed by atoms with Gasteiger partial charge in [-0.25, -0.2) is 4.98 Å². The summed E-state index contributed by atoms with van der Waals surface area (Å²) in [7, 11) is 1.62. The third-order valence-electron chi connectivity index (χ3n) is 3.23. The van der Waals surface area contributed by atoms with Crippen LogP contribution in [0.25, 0.3) is 0 Å². The Morgan fingerprint density at radius 3 is 2.52 bits per heavy atom. The summed E-state index contributed by atoms with van der Waals surface area (Å²) in [5, 5.41) is 3.79. The van der Waals surface area contributed by atoms with E-state index in [-0.39, 0.29) is 11.8 Å². The number of amides is 1. The molecule has 1 amide bonds. The van der Waals surface area contributed by atoms with Crippen molar-refractivity contribution in [3.63, 3.8) is 0 Å². The van der Waals surface area contributed by atoms with Crippen LogP contribution in [0.2, 0.25) is 0 Å². The van der Waals surface area contributed by atoms with Crippen molar-refractivity contribution < 1.29 is 14.3 Å². The first-order chi connectivity index (χ1) is 11.0. The number of aryl methyl sites for hydroxylation is 1. The molecule has 2 rings (SSSR count). The van der Waals surface area contributed by atoms with Crippen LogP contribution in [0.4, 0.5) is 0 Å². The lowest BCUT2D eigenvalue weighted by molar-refractivity contribution is 0.0949. The van der Waals surface area contributed by atoms with Crippen LogP contribution in [0.15, 0.2) is 24.3 Å². The van der Waals surface area contributed by atoms with Gasteiger partial charge in [-0.05, 0) is 37.1 Å². The van der Waals surface area contributed by atoms with Gasteiger partial charge in [-0.1, -0.05) is 13.8 Å². The van der Waals surface area contributed by atoms with Crippen molar-refractivity contribution >= 4 is 17.2 Å². The van der Waals surface area contributed by atoms with Crippen molar-refractivity contribution in [2.45, 2.75) is 26.7 Å². The molecule has 0 aliphatic heterocycles. The van der Waals surface area contributed by atoms with Crippen LogP contribution in [0, 0.1) is 6.92 Å². The van der Waals surface area contributed by atoms with E-state index in [4.69, 9.17) is 9.47 Å². The van der Waals surface area contributed by atoms with E-state index < -0.39 is 0 Å². The SMILES string of the molecule is COc1ccc(OCCNC(=O)c2sc(C)nc2C(C)C)cc1. The molecule has 23 heavy (non-hydrogen) atoms. The van der Waals surface area contributed by atoms with Gasteiger partial charge in [0.25, 0.3) is 5.91 Å². The second-order valence-corrected chi connectivity index (χ2v) is 6.59. The Bertz CT molecular complexity index is 650. The van der Waals surface area contributed by atoms with Gasteiger partial charge >= 0.3 is 0 Å². The third kappa shape index (κ3) is 4.69. The van der Waals surface area contributed by atoms with Gasteiger partial charge in [0.2, 0.25) is 0 Å². The minimum atomic E-state index is -0.0855. The summed E-state index contributed by atoms with van der Waals surface area (Å²) in [6.07, 6.45) is 0. The first-order valence-corrected chi connectivity index (χ1v) is 8.35. The number of hydrogen-bond donors (Lipinski definition) is 1. The quantitative estimate of drug-likeness (QED) is 0.789. The van der Waals surface area contributed by atoms with Crippen LogP contribution in [0.5, 0.6) is 11.5 Å². The third-order valence-corrected chi connectivity index (χ3v) is 4.21. The summed E-state index contributed by atoms with van der Waals surface area (Å²) in [6, 6.07) is 7.35. The lowest BCUT2D eigenvalue weighted by Gasteiger charge is -2.09. The molecule has 1 N–H and O–H groups in total. The molecule has 0 unspecified atom stereocenters. The van der Waals surface area contributed by atoms with Crippen molar-refractivity contribution in [3.8, 4) is 11.5 Å². The maximum Gasteiger partial charge on any atom is 0.263 e. The number of methoxy groups -OCH3 is 1. The second kappa shape index (κ2) is 7.97. The van der Waals surface area contributed by atoms with Gasteiger partial charge in [0.05, 0.1) is 24.4 Å². The summed E-state index contributed by atoms with van der Waals surface area (Å²) in [5.41, 5.74) is 0.862. The first kappa shape index (κ1) is 17.3. The highest BCUT2D eigenvalue weighted by Crippen LogP contribution is 2.24. The molecule has 5 nitrogen and oxygen atoms in total. The van der Waals surface area contributed by atoms with E-state index >= 15 is 0 Å². The molecular weight excluding hydrogens is 312 g/mol. The number of nitrogens with one attached hydrogen (secondary N) is 1. The minimum Gasteiger partial charge on any atom is -0.497 e. The molecule has 0 radical (unpaired) electrons. The molecular formula is C17H22N2O3S. The van der Waals surface area contributed by atoms with Gasteiger partial charge in [0, 0.05) is 0 Å². The fourth-order valence-corrected chi connectivity index (χ4v) is 3.07. The molecule has 1 heterocycles. The Hall–Kier alpha value is -2.08. The van der Waals surface area contributed by atoms with Gasteiger partial charge < -0.3 is 14.8 Å². The molecule has 0 saturated heterocycles. The molecule has 0 atom stereocenters. The average Bonchev–Trinajstić information content (AvgIpc) is 2.94. The van der Waals surface area contributed by atoms with Crippen molar-refractivity contribution in [1.82, 2.24) is 10.3 Å². The van der Waals surface area contributed by atoms with E-state index in [1.54, 1.807) is 7.11 Å². The lowest BCUT2D eigenvalue weighted by atomic mass is 10.1. The minimum absolute atomic E-state index is 0.0855.